The van der Waals surface area contributed by atoms with Gasteiger partial charge in [-0.25, -0.2) is 9.97 Å². The molecule has 0 aliphatic rings. The Labute approximate surface area is 87.3 Å². The fourth-order valence-electron chi connectivity index (χ4n) is 1.41. The molecule has 2 rings (SSSR count). The molecule has 0 amide bonds. The summed E-state index contributed by atoms with van der Waals surface area (Å²) in [6.45, 7) is 0. The van der Waals surface area contributed by atoms with E-state index in [0.717, 1.165) is 17.5 Å². The molecular weight excluding hydrogens is 192 g/mol. The van der Waals surface area contributed by atoms with Crippen molar-refractivity contribution in [1.29, 1.82) is 0 Å². The Bertz CT molecular complexity index is 387. The van der Waals surface area contributed by atoms with Crippen LogP contribution in [0.25, 0.3) is 0 Å². The van der Waals surface area contributed by atoms with Gasteiger partial charge in [0.25, 0.3) is 0 Å². The Morgan fingerprint density at radius 2 is 2.20 bits per heavy atom. The summed E-state index contributed by atoms with van der Waals surface area (Å²) in [5.41, 5.74) is 4.78. The van der Waals surface area contributed by atoms with Gasteiger partial charge >= 0.3 is 0 Å². The summed E-state index contributed by atoms with van der Waals surface area (Å²) in [4.78, 5) is 7.91. The molecule has 78 valence electrons. The lowest BCUT2D eigenvalue weighted by atomic mass is 10.0. The van der Waals surface area contributed by atoms with E-state index < -0.39 is 0 Å². The third-order valence-corrected chi connectivity index (χ3v) is 2.20. The number of aromatic nitrogens is 2. The van der Waals surface area contributed by atoms with Crippen LogP contribution in [0.3, 0.4) is 0 Å². The minimum atomic E-state index is 0.00352. The van der Waals surface area contributed by atoms with Crippen molar-refractivity contribution in [2.45, 2.75) is 12.5 Å². The molecule has 15 heavy (non-hydrogen) atoms. The SMILES string of the molecule is NNC(Cc1ccoc1)c1cncnc1. The van der Waals surface area contributed by atoms with Crippen LogP contribution >= 0.6 is 0 Å². The van der Waals surface area contributed by atoms with Crippen LogP contribution in [-0.2, 0) is 6.42 Å². The third-order valence-electron chi connectivity index (χ3n) is 2.20. The van der Waals surface area contributed by atoms with Crippen molar-refractivity contribution in [3.8, 4) is 0 Å². The van der Waals surface area contributed by atoms with Crippen molar-refractivity contribution < 1.29 is 4.42 Å². The zero-order valence-electron chi connectivity index (χ0n) is 8.13. The number of hydrazine groups is 1. The molecule has 5 heteroatoms. The standard InChI is InChI=1S/C10H12N4O/c11-14-10(3-8-1-2-15-6-8)9-4-12-7-13-5-9/h1-2,4-7,10,14H,3,11H2. The monoisotopic (exact) mass is 204 g/mol. The number of furan rings is 1. The Kier molecular flexibility index (Phi) is 3.06. The van der Waals surface area contributed by atoms with Crippen LogP contribution in [-0.4, -0.2) is 9.97 Å². The van der Waals surface area contributed by atoms with Crippen LogP contribution in [0.5, 0.6) is 0 Å². The number of nitrogens with two attached hydrogens (primary N) is 1. The molecule has 0 fully saturated rings. The van der Waals surface area contributed by atoms with Gasteiger partial charge in [-0.05, 0) is 18.1 Å². The van der Waals surface area contributed by atoms with E-state index >= 15 is 0 Å². The van der Waals surface area contributed by atoms with Crippen molar-refractivity contribution >= 4 is 0 Å². The molecule has 1 atom stereocenters. The summed E-state index contributed by atoms with van der Waals surface area (Å²) in [6.07, 6.45) is 9.09. The van der Waals surface area contributed by atoms with Gasteiger partial charge in [0.2, 0.25) is 0 Å². The van der Waals surface area contributed by atoms with Crippen molar-refractivity contribution in [3.63, 3.8) is 0 Å². The summed E-state index contributed by atoms with van der Waals surface area (Å²) < 4.78 is 5.00. The highest BCUT2D eigenvalue weighted by Crippen LogP contribution is 2.15. The summed E-state index contributed by atoms with van der Waals surface area (Å²) in [7, 11) is 0. The minimum Gasteiger partial charge on any atom is -0.472 e. The van der Waals surface area contributed by atoms with Crippen LogP contribution in [0.15, 0.2) is 41.7 Å². The first kappa shape index (κ1) is 9.82. The fourth-order valence-corrected chi connectivity index (χ4v) is 1.41. The number of rotatable bonds is 4. The molecule has 0 saturated carbocycles. The molecular formula is C10H12N4O. The first-order chi connectivity index (χ1) is 7.40. The molecule has 0 aliphatic carbocycles. The molecule has 0 aromatic carbocycles. The maximum Gasteiger partial charge on any atom is 0.115 e. The lowest BCUT2D eigenvalue weighted by Gasteiger charge is -2.13. The Hall–Kier alpha value is -1.72. The lowest BCUT2D eigenvalue weighted by molar-refractivity contribution is 0.533. The largest absolute Gasteiger partial charge is 0.472 e. The predicted octanol–water partition coefficient (Wildman–Crippen LogP) is 0.817. The average molecular weight is 204 g/mol. The summed E-state index contributed by atoms with van der Waals surface area (Å²) in [5, 5.41) is 0. The molecule has 0 bridgehead atoms. The van der Waals surface area contributed by atoms with Gasteiger partial charge in [0.1, 0.15) is 6.33 Å². The van der Waals surface area contributed by atoms with Gasteiger partial charge in [-0.2, -0.15) is 0 Å². The maximum absolute atomic E-state index is 5.49. The zero-order chi connectivity index (χ0) is 10.5. The second-order valence-electron chi connectivity index (χ2n) is 3.23. The number of nitrogens with zero attached hydrogens (tertiary/aromatic N) is 2. The van der Waals surface area contributed by atoms with Gasteiger partial charge in [0.15, 0.2) is 0 Å². The van der Waals surface area contributed by atoms with E-state index in [0.29, 0.717) is 0 Å². The van der Waals surface area contributed by atoms with E-state index in [1.807, 2.05) is 6.07 Å². The molecule has 0 radical (unpaired) electrons. The van der Waals surface area contributed by atoms with Gasteiger partial charge in [-0.3, -0.25) is 11.3 Å². The van der Waals surface area contributed by atoms with Gasteiger partial charge in [0, 0.05) is 18.0 Å². The third kappa shape index (κ3) is 2.39. The van der Waals surface area contributed by atoms with Gasteiger partial charge < -0.3 is 4.42 Å². The van der Waals surface area contributed by atoms with E-state index in [-0.39, 0.29) is 6.04 Å². The quantitative estimate of drug-likeness (QED) is 0.569. The molecule has 2 heterocycles. The van der Waals surface area contributed by atoms with E-state index in [9.17, 15) is 0 Å². The minimum absolute atomic E-state index is 0.00352. The molecule has 0 spiro atoms. The Morgan fingerprint density at radius 3 is 2.80 bits per heavy atom. The van der Waals surface area contributed by atoms with Crippen LogP contribution in [0.1, 0.15) is 17.2 Å². The van der Waals surface area contributed by atoms with Crippen molar-refractivity contribution in [3.05, 3.63) is 48.4 Å². The van der Waals surface area contributed by atoms with Crippen LogP contribution < -0.4 is 11.3 Å². The highest BCUT2D eigenvalue weighted by molar-refractivity contribution is 5.15. The predicted molar refractivity (Wildman–Crippen MR) is 54.5 cm³/mol. The molecule has 0 saturated heterocycles. The fraction of sp³-hybridized carbons (Fsp3) is 0.200. The van der Waals surface area contributed by atoms with Crippen molar-refractivity contribution in [2.75, 3.05) is 0 Å². The Morgan fingerprint density at radius 1 is 1.40 bits per heavy atom. The first-order valence-electron chi connectivity index (χ1n) is 4.62. The molecule has 0 aliphatic heterocycles. The second kappa shape index (κ2) is 4.68. The molecule has 1 unspecified atom stereocenters. The normalized spacial score (nSPS) is 12.6. The van der Waals surface area contributed by atoms with Gasteiger partial charge in [-0.1, -0.05) is 0 Å². The van der Waals surface area contributed by atoms with Crippen LogP contribution in [0.4, 0.5) is 0 Å². The number of nitrogens with one attached hydrogen (secondary N) is 1. The van der Waals surface area contributed by atoms with E-state index in [4.69, 9.17) is 10.3 Å². The van der Waals surface area contributed by atoms with E-state index in [2.05, 4.69) is 15.4 Å². The summed E-state index contributed by atoms with van der Waals surface area (Å²) in [6, 6.07) is 1.91. The average Bonchev–Trinajstić information content (AvgIpc) is 2.80. The first-order valence-corrected chi connectivity index (χ1v) is 4.62. The van der Waals surface area contributed by atoms with Crippen molar-refractivity contribution in [1.82, 2.24) is 15.4 Å². The van der Waals surface area contributed by atoms with E-state index in [1.54, 1.807) is 24.9 Å². The molecule has 3 N–H and O–H groups in total. The maximum atomic E-state index is 5.49. The Balaban J connectivity index is 2.12. The molecule has 2 aromatic heterocycles. The number of hydrogen-bond donors (Lipinski definition) is 2. The molecule has 5 nitrogen and oxygen atoms in total. The molecule has 2 aromatic rings. The van der Waals surface area contributed by atoms with Crippen LogP contribution in [0, 0.1) is 0 Å². The highest BCUT2D eigenvalue weighted by atomic mass is 16.3. The van der Waals surface area contributed by atoms with Crippen LogP contribution in [0.2, 0.25) is 0 Å². The smallest absolute Gasteiger partial charge is 0.115 e. The lowest BCUT2D eigenvalue weighted by Crippen LogP contribution is -2.29. The van der Waals surface area contributed by atoms with Crippen molar-refractivity contribution in [2.24, 2.45) is 5.84 Å². The zero-order valence-corrected chi connectivity index (χ0v) is 8.13. The summed E-state index contributed by atoms with van der Waals surface area (Å²) in [5.74, 6) is 5.49. The second-order valence-corrected chi connectivity index (χ2v) is 3.23. The summed E-state index contributed by atoms with van der Waals surface area (Å²) >= 11 is 0. The number of hydrogen-bond acceptors (Lipinski definition) is 5. The highest BCUT2D eigenvalue weighted by Gasteiger charge is 2.11. The van der Waals surface area contributed by atoms with E-state index in [1.165, 1.54) is 6.33 Å². The van der Waals surface area contributed by atoms with Gasteiger partial charge in [-0.15, -0.1) is 0 Å². The topological polar surface area (TPSA) is 77.0 Å². The van der Waals surface area contributed by atoms with Gasteiger partial charge in [0.05, 0.1) is 18.6 Å².